The highest BCUT2D eigenvalue weighted by Crippen LogP contribution is 2.24. The van der Waals surface area contributed by atoms with E-state index in [1.165, 1.54) is 0 Å². The van der Waals surface area contributed by atoms with E-state index < -0.39 is 0 Å². The number of aromatic nitrogens is 4. The summed E-state index contributed by atoms with van der Waals surface area (Å²) in [5, 5.41) is 11.8. The Morgan fingerprint density at radius 2 is 2.12 bits per heavy atom. The summed E-state index contributed by atoms with van der Waals surface area (Å²) in [4.78, 5) is 0. The Kier molecular flexibility index (Phi) is 3.08. The van der Waals surface area contributed by atoms with Crippen LogP contribution < -0.4 is 5.73 Å². The van der Waals surface area contributed by atoms with Crippen LogP contribution in [0, 0.1) is 12.8 Å². The molecule has 2 aromatic rings. The van der Waals surface area contributed by atoms with E-state index in [9.17, 15) is 0 Å². The first-order chi connectivity index (χ1) is 8.08. The topological polar surface area (TPSA) is 69.6 Å². The molecule has 17 heavy (non-hydrogen) atoms. The van der Waals surface area contributed by atoms with Crippen LogP contribution in [0.4, 0.5) is 5.69 Å². The Balaban J connectivity index is 2.45. The minimum absolute atomic E-state index is 0.489. The van der Waals surface area contributed by atoms with Gasteiger partial charge >= 0.3 is 0 Å². The van der Waals surface area contributed by atoms with Gasteiger partial charge in [-0.15, -0.1) is 5.10 Å². The molecule has 5 heteroatoms. The van der Waals surface area contributed by atoms with E-state index in [0.29, 0.717) is 11.6 Å². The smallest absolute Gasteiger partial charge is 0.184 e. The number of rotatable bonds is 3. The standard InChI is InChI=1S/C12H17N5/c1-8(2)7-17-12(14-15-16-17)10-6-9(3)4-5-11(10)13/h4-6,8H,7,13H2,1-3H3. The zero-order valence-electron chi connectivity index (χ0n) is 10.4. The number of hydrogen-bond acceptors (Lipinski definition) is 4. The molecule has 90 valence electrons. The number of nitrogens with zero attached hydrogens (tertiary/aromatic N) is 4. The zero-order chi connectivity index (χ0) is 12.4. The fourth-order valence-corrected chi connectivity index (χ4v) is 1.73. The van der Waals surface area contributed by atoms with Crippen molar-refractivity contribution in [1.82, 2.24) is 20.2 Å². The molecule has 0 aliphatic rings. The van der Waals surface area contributed by atoms with Gasteiger partial charge in [0, 0.05) is 17.8 Å². The third-order valence-electron chi connectivity index (χ3n) is 2.52. The lowest BCUT2D eigenvalue weighted by molar-refractivity contribution is 0.475. The lowest BCUT2D eigenvalue weighted by Gasteiger charge is -2.09. The van der Waals surface area contributed by atoms with Gasteiger partial charge in [0.2, 0.25) is 0 Å². The molecule has 0 spiro atoms. The summed E-state index contributed by atoms with van der Waals surface area (Å²) in [5.74, 6) is 1.23. The third kappa shape index (κ3) is 2.43. The predicted molar refractivity (Wildman–Crippen MR) is 67.2 cm³/mol. The fourth-order valence-electron chi connectivity index (χ4n) is 1.73. The molecule has 1 heterocycles. The Hall–Kier alpha value is -1.91. The molecular formula is C12H17N5. The Bertz CT molecular complexity index is 515. The highest BCUT2D eigenvalue weighted by Gasteiger charge is 2.12. The van der Waals surface area contributed by atoms with Crippen LogP contribution in [0.2, 0.25) is 0 Å². The van der Waals surface area contributed by atoms with Crippen LogP contribution in [0.15, 0.2) is 18.2 Å². The molecule has 0 atom stereocenters. The summed E-state index contributed by atoms with van der Waals surface area (Å²) in [6.07, 6.45) is 0. The maximum absolute atomic E-state index is 5.97. The van der Waals surface area contributed by atoms with Crippen molar-refractivity contribution in [2.75, 3.05) is 5.73 Å². The molecule has 1 aromatic heterocycles. The molecule has 0 saturated heterocycles. The van der Waals surface area contributed by atoms with Gasteiger partial charge in [-0.1, -0.05) is 25.5 Å². The van der Waals surface area contributed by atoms with Gasteiger partial charge in [0.15, 0.2) is 5.82 Å². The van der Waals surface area contributed by atoms with Gasteiger partial charge in [0.25, 0.3) is 0 Å². The van der Waals surface area contributed by atoms with Gasteiger partial charge in [0.05, 0.1) is 0 Å². The zero-order valence-corrected chi connectivity index (χ0v) is 10.4. The van der Waals surface area contributed by atoms with Crippen LogP contribution in [0.25, 0.3) is 11.4 Å². The van der Waals surface area contributed by atoms with E-state index in [2.05, 4.69) is 29.4 Å². The first-order valence-corrected chi connectivity index (χ1v) is 5.70. The van der Waals surface area contributed by atoms with Crippen molar-refractivity contribution in [2.24, 2.45) is 5.92 Å². The van der Waals surface area contributed by atoms with Crippen molar-refractivity contribution in [3.63, 3.8) is 0 Å². The van der Waals surface area contributed by atoms with Gasteiger partial charge in [-0.3, -0.25) is 0 Å². The van der Waals surface area contributed by atoms with E-state index >= 15 is 0 Å². The second kappa shape index (κ2) is 4.53. The Labute approximate surface area is 101 Å². The van der Waals surface area contributed by atoms with E-state index in [1.54, 1.807) is 4.68 Å². The molecule has 2 rings (SSSR count). The minimum Gasteiger partial charge on any atom is -0.398 e. The van der Waals surface area contributed by atoms with Gasteiger partial charge in [-0.25, -0.2) is 4.68 Å². The number of benzene rings is 1. The second-order valence-corrected chi connectivity index (χ2v) is 4.67. The molecule has 0 radical (unpaired) electrons. The lowest BCUT2D eigenvalue weighted by atomic mass is 10.1. The van der Waals surface area contributed by atoms with E-state index in [1.807, 2.05) is 25.1 Å². The second-order valence-electron chi connectivity index (χ2n) is 4.67. The molecule has 2 N–H and O–H groups in total. The quantitative estimate of drug-likeness (QED) is 0.819. The molecule has 0 saturated carbocycles. The maximum atomic E-state index is 5.97. The first-order valence-electron chi connectivity index (χ1n) is 5.70. The first kappa shape index (κ1) is 11.6. The number of aryl methyl sites for hydroxylation is 1. The van der Waals surface area contributed by atoms with Gasteiger partial charge in [-0.2, -0.15) is 0 Å². The molecule has 0 bridgehead atoms. The number of nitrogen functional groups attached to an aromatic ring is 1. The lowest BCUT2D eigenvalue weighted by Crippen LogP contribution is -2.09. The molecular weight excluding hydrogens is 214 g/mol. The van der Waals surface area contributed by atoms with Crippen LogP contribution in [0.1, 0.15) is 19.4 Å². The van der Waals surface area contributed by atoms with Crippen LogP contribution >= 0.6 is 0 Å². The SMILES string of the molecule is Cc1ccc(N)c(-c2nnnn2CC(C)C)c1. The summed E-state index contributed by atoms with van der Waals surface area (Å²) in [7, 11) is 0. The van der Waals surface area contributed by atoms with Crippen LogP contribution in [0.3, 0.4) is 0 Å². The van der Waals surface area contributed by atoms with Gasteiger partial charge < -0.3 is 5.73 Å². The van der Waals surface area contributed by atoms with E-state index in [0.717, 1.165) is 23.5 Å². The maximum Gasteiger partial charge on any atom is 0.184 e. The normalized spacial score (nSPS) is 11.1. The Morgan fingerprint density at radius 1 is 1.35 bits per heavy atom. The largest absolute Gasteiger partial charge is 0.398 e. The van der Waals surface area contributed by atoms with Crippen molar-refractivity contribution >= 4 is 5.69 Å². The summed E-state index contributed by atoms with van der Waals surface area (Å²) >= 11 is 0. The Morgan fingerprint density at radius 3 is 2.82 bits per heavy atom. The predicted octanol–water partition coefficient (Wildman–Crippen LogP) is 1.89. The van der Waals surface area contributed by atoms with Crippen LogP contribution in [0.5, 0.6) is 0 Å². The summed E-state index contributed by atoms with van der Waals surface area (Å²) in [5.41, 5.74) is 8.72. The highest BCUT2D eigenvalue weighted by molar-refractivity contribution is 5.71. The summed E-state index contributed by atoms with van der Waals surface area (Å²) < 4.78 is 1.80. The average molecular weight is 231 g/mol. The molecule has 1 aromatic carbocycles. The molecule has 0 unspecified atom stereocenters. The highest BCUT2D eigenvalue weighted by atomic mass is 15.5. The molecule has 0 fully saturated rings. The number of nitrogens with two attached hydrogens (primary N) is 1. The molecule has 0 amide bonds. The van der Waals surface area contributed by atoms with Crippen molar-refractivity contribution < 1.29 is 0 Å². The molecule has 5 nitrogen and oxygen atoms in total. The van der Waals surface area contributed by atoms with Crippen molar-refractivity contribution in [3.8, 4) is 11.4 Å². The van der Waals surface area contributed by atoms with Gasteiger partial charge in [-0.05, 0) is 35.4 Å². The fraction of sp³-hybridized carbons (Fsp3) is 0.417. The van der Waals surface area contributed by atoms with E-state index in [-0.39, 0.29) is 0 Å². The van der Waals surface area contributed by atoms with Crippen molar-refractivity contribution in [1.29, 1.82) is 0 Å². The minimum atomic E-state index is 0.489. The summed E-state index contributed by atoms with van der Waals surface area (Å²) in [6, 6.07) is 5.88. The summed E-state index contributed by atoms with van der Waals surface area (Å²) in [6.45, 7) is 7.07. The average Bonchev–Trinajstić information content (AvgIpc) is 2.69. The van der Waals surface area contributed by atoms with E-state index in [4.69, 9.17) is 5.73 Å². The van der Waals surface area contributed by atoms with Gasteiger partial charge in [0.1, 0.15) is 0 Å². The number of hydrogen-bond donors (Lipinski definition) is 1. The van der Waals surface area contributed by atoms with Crippen molar-refractivity contribution in [3.05, 3.63) is 23.8 Å². The number of tetrazole rings is 1. The molecule has 0 aliphatic heterocycles. The third-order valence-corrected chi connectivity index (χ3v) is 2.52. The molecule has 0 aliphatic carbocycles. The van der Waals surface area contributed by atoms with Crippen LogP contribution in [-0.4, -0.2) is 20.2 Å². The van der Waals surface area contributed by atoms with Crippen LogP contribution in [-0.2, 0) is 6.54 Å². The monoisotopic (exact) mass is 231 g/mol. The number of anilines is 1. The van der Waals surface area contributed by atoms with Crippen molar-refractivity contribution in [2.45, 2.75) is 27.3 Å².